The number of amides is 1. The van der Waals surface area contributed by atoms with Gasteiger partial charge in [0.25, 0.3) is 0 Å². The lowest BCUT2D eigenvalue weighted by molar-refractivity contribution is -0.129. The lowest BCUT2D eigenvalue weighted by atomic mass is 9.91. The number of unbranched alkanes of at least 4 members (excludes halogenated alkanes) is 3. The maximum absolute atomic E-state index is 14.8. The number of phenolic OH excluding ortho intramolecular Hbond substituents is 1. The Bertz CT molecular complexity index is 1530. The van der Waals surface area contributed by atoms with E-state index in [0.29, 0.717) is 71.5 Å². The van der Waals surface area contributed by atoms with Gasteiger partial charge in [0.05, 0.1) is 12.2 Å². The van der Waals surface area contributed by atoms with Crippen molar-refractivity contribution in [3.8, 4) is 45.9 Å². The van der Waals surface area contributed by atoms with Crippen LogP contribution in [-0.2, 0) is 4.79 Å². The number of ether oxygens (including phenoxy) is 1. The van der Waals surface area contributed by atoms with Crippen molar-refractivity contribution in [1.29, 1.82) is 10.5 Å². The Hall–Kier alpha value is -4.42. The number of aromatic hydroxyl groups is 1. The minimum atomic E-state index is -0.689. The molecule has 1 aliphatic rings. The number of aromatic nitrogens is 1. The lowest BCUT2D eigenvalue weighted by Crippen LogP contribution is -2.41. The molecule has 2 aromatic carbocycles. The highest BCUT2D eigenvalue weighted by atomic mass is 35.5. The summed E-state index contributed by atoms with van der Waals surface area (Å²) in [4.78, 5) is 17.8. The third kappa shape index (κ3) is 8.14. The number of rotatable bonds is 12. The first-order valence-electron chi connectivity index (χ1n) is 14.3. The van der Waals surface area contributed by atoms with Crippen LogP contribution >= 0.6 is 12.4 Å². The summed E-state index contributed by atoms with van der Waals surface area (Å²) in [6.07, 6.45) is 6.68. The lowest BCUT2D eigenvalue weighted by Gasteiger charge is -2.33. The van der Waals surface area contributed by atoms with Crippen molar-refractivity contribution in [1.82, 2.24) is 15.8 Å². The minimum Gasteiger partial charge on any atom is -0.504 e. The average Bonchev–Trinajstić information content (AvgIpc) is 3.04. The standard InChI is InChI=1S/C32H35FN6O4.ClH/c1-36-24-11-13-39(14-12-24)32-25(19-35)31(22-7-8-23(18-34)27(33)16-22)26(20-37-32)21-9-10-29(28(40)17-21)43-15-5-3-2-4-6-30(41)38-42;/h7-10,16-17,20,24,36,40,42H,2-6,11-15H2,1H3,(H,38,41);1H. The molecule has 1 aliphatic heterocycles. The molecule has 1 amide bonds. The van der Waals surface area contributed by atoms with E-state index in [0.717, 1.165) is 32.1 Å². The fourth-order valence-corrected chi connectivity index (χ4v) is 5.29. The molecule has 2 heterocycles. The van der Waals surface area contributed by atoms with Gasteiger partial charge in [0, 0.05) is 42.9 Å². The molecule has 4 rings (SSSR count). The number of carbonyl (C=O) groups excluding carboxylic acids is 1. The molecule has 0 atom stereocenters. The van der Waals surface area contributed by atoms with Gasteiger partial charge in [-0.2, -0.15) is 10.5 Å². The van der Waals surface area contributed by atoms with Crippen LogP contribution in [0.15, 0.2) is 42.6 Å². The van der Waals surface area contributed by atoms with E-state index in [1.807, 2.05) is 13.1 Å². The van der Waals surface area contributed by atoms with Crippen molar-refractivity contribution in [3.05, 3.63) is 59.5 Å². The average molecular weight is 623 g/mol. The van der Waals surface area contributed by atoms with E-state index in [9.17, 15) is 24.8 Å². The van der Waals surface area contributed by atoms with Gasteiger partial charge >= 0.3 is 0 Å². The number of nitrogens with one attached hydrogen (secondary N) is 2. The zero-order chi connectivity index (χ0) is 30.8. The first kappa shape index (κ1) is 34.1. The second-order valence-corrected chi connectivity index (χ2v) is 10.4. The van der Waals surface area contributed by atoms with E-state index in [-0.39, 0.29) is 30.1 Å². The van der Waals surface area contributed by atoms with Crippen molar-refractivity contribution >= 4 is 24.1 Å². The number of piperidine rings is 1. The number of benzene rings is 2. The quantitative estimate of drug-likeness (QED) is 0.117. The molecule has 10 nitrogen and oxygen atoms in total. The number of nitrogens with zero attached hydrogens (tertiary/aromatic N) is 4. The molecule has 0 saturated carbocycles. The summed E-state index contributed by atoms with van der Waals surface area (Å²) in [5.41, 5.74) is 3.80. The van der Waals surface area contributed by atoms with Crippen LogP contribution in [0.25, 0.3) is 22.3 Å². The Morgan fingerprint density at radius 2 is 1.82 bits per heavy atom. The number of carbonyl (C=O) groups is 1. The van der Waals surface area contributed by atoms with E-state index >= 15 is 0 Å². The van der Waals surface area contributed by atoms with Crippen molar-refractivity contribution in [2.24, 2.45) is 0 Å². The van der Waals surface area contributed by atoms with Gasteiger partial charge < -0.3 is 20.1 Å². The van der Waals surface area contributed by atoms with Crippen molar-refractivity contribution in [3.63, 3.8) is 0 Å². The molecular formula is C32H36ClFN6O4. The topological polar surface area (TPSA) is 155 Å². The van der Waals surface area contributed by atoms with E-state index in [1.54, 1.807) is 29.9 Å². The molecule has 1 aromatic heterocycles. The Morgan fingerprint density at radius 3 is 2.45 bits per heavy atom. The molecule has 0 radical (unpaired) electrons. The predicted molar refractivity (Wildman–Crippen MR) is 166 cm³/mol. The van der Waals surface area contributed by atoms with Crippen LogP contribution in [-0.4, -0.2) is 54.0 Å². The second kappa shape index (κ2) is 16.4. The summed E-state index contributed by atoms with van der Waals surface area (Å²) in [7, 11) is 1.93. The van der Waals surface area contributed by atoms with E-state index in [1.165, 1.54) is 18.2 Å². The molecule has 0 spiro atoms. The van der Waals surface area contributed by atoms with Gasteiger partial charge in [-0.3, -0.25) is 10.0 Å². The summed E-state index contributed by atoms with van der Waals surface area (Å²) in [6.45, 7) is 1.78. The number of phenols is 1. The zero-order valence-corrected chi connectivity index (χ0v) is 25.3. The molecule has 0 bridgehead atoms. The maximum Gasteiger partial charge on any atom is 0.243 e. The molecule has 232 valence electrons. The molecule has 1 saturated heterocycles. The normalized spacial score (nSPS) is 13.0. The molecule has 44 heavy (non-hydrogen) atoms. The van der Waals surface area contributed by atoms with Crippen LogP contribution in [0.3, 0.4) is 0 Å². The maximum atomic E-state index is 14.8. The monoisotopic (exact) mass is 622 g/mol. The van der Waals surface area contributed by atoms with Crippen molar-refractivity contribution < 1.29 is 24.2 Å². The van der Waals surface area contributed by atoms with Gasteiger partial charge in [0.2, 0.25) is 5.91 Å². The first-order valence-corrected chi connectivity index (χ1v) is 14.3. The second-order valence-electron chi connectivity index (χ2n) is 10.4. The van der Waals surface area contributed by atoms with Crippen molar-refractivity contribution in [2.75, 3.05) is 31.6 Å². The molecule has 1 fully saturated rings. The Labute approximate surface area is 262 Å². The van der Waals surface area contributed by atoms with Gasteiger partial charge in [-0.25, -0.2) is 14.9 Å². The zero-order valence-electron chi connectivity index (χ0n) is 24.5. The number of hydroxylamine groups is 1. The number of hydrogen-bond acceptors (Lipinski definition) is 9. The Balaban J connectivity index is 0.00000529. The number of anilines is 1. The van der Waals surface area contributed by atoms with Crippen LogP contribution in [0.1, 0.15) is 56.1 Å². The fourth-order valence-electron chi connectivity index (χ4n) is 5.29. The molecule has 4 N–H and O–H groups in total. The van der Waals surface area contributed by atoms with Gasteiger partial charge in [-0.15, -0.1) is 12.4 Å². The molecule has 0 aliphatic carbocycles. The van der Waals surface area contributed by atoms with Crippen LogP contribution in [0, 0.1) is 28.5 Å². The summed E-state index contributed by atoms with van der Waals surface area (Å²) >= 11 is 0. The summed E-state index contributed by atoms with van der Waals surface area (Å²) in [5, 5.41) is 42.2. The number of nitriles is 2. The molecule has 3 aromatic rings. The summed E-state index contributed by atoms with van der Waals surface area (Å²) in [5.74, 6) is -0.375. The van der Waals surface area contributed by atoms with Gasteiger partial charge in [0.15, 0.2) is 11.5 Å². The highest BCUT2D eigenvalue weighted by molar-refractivity contribution is 5.90. The molecule has 0 unspecified atom stereocenters. The fraction of sp³-hybridized carbons (Fsp3) is 0.375. The summed E-state index contributed by atoms with van der Waals surface area (Å²) < 4.78 is 20.6. The van der Waals surface area contributed by atoms with Gasteiger partial charge in [0.1, 0.15) is 29.3 Å². The largest absolute Gasteiger partial charge is 0.504 e. The molecular weight excluding hydrogens is 587 g/mol. The van der Waals surface area contributed by atoms with E-state index < -0.39 is 11.7 Å². The third-order valence-electron chi connectivity index (χ3n) is 7.70. The smallest absolute Gasteiger partial charge is 0.243 e. The minimum absolute atomic E-state index is 0. The van der Waals surface area contributed by atoms with Crippen LogP contribution in [0.4, 0.5) is 10.2 Å². The van der Waals surface area contributed by atoms with Crippen LogP contribution < -0.4 is 20.4 Å². The Morgan fingerprint density at radius 1 is 1.09 bits per heavy atom. The van der Waals surface area contributed by atoms with Crippen LogP contribution in [0.2, 0.25) is 0 Å². The van der Waals surface area contributed by atoms with Crippen LogP contribution in [0.5, 0.6) is 11.5 Å². The van der Waals surface area contributed by atoms with Gasteiger partial charge in [-0.1, -0.05) is 25.0 Å². The highest BCUT2D eigenvalue weighted by Gasteiger charge is 2.26. The van der Waals surface area contributed by atoms with E-state index in [2.05, 4.69) is 21.3 Å². The number of pyridine rings is 1. The molecule has 12 heteroatoms. The SMILES string of the molecule is CNC1CCN(c2ncc(-c3ccc(OCCCCCCC(=O)NO)c(O)c3)c(-c3ccc(C#N)c(F)c3)c2C#N)CC1.Cl. The summed E-state index contributed by atoms with van der Waals surface area (Å²) in [6, 6.07) is 13.7. The Kier molecular flexibility index (Phi) is 12.7. The number of hydrogen-bond donors (Lipinski definition) is 4. The van der Waals surface area contributed by atoms with E-state index in [4.69, 9.17) is 9.94 Å². The van der Waals surface area contributed by atoms with Crippen molar-refractivity contribution in [2.45, 2.75) is 51.0 Å². The first-order chi connectivity index (χ1) is 20.9. The number of halogens is 2. The van der Waals surface area contributed by atoms with Gasteiger partial charge in [-0.05, 0) is 68.1 Å². The highest BCUT2D eigenvalue weighted by Crippen LogP contribution is 2.41. The third-order valence-corrected chi connectivity index (χ3v) is 7.70. The predicted octanol–water partition coefficient (Wildman–Crippen LogP) is 5.45.